The molecule has 1 aromatic carbocycles. The van der Waals surface area contributed by atoms with Crippen LogP contribution in [0.25, 0.3) is 10.9 Å². The molecule has 0 bridgehead atoms. The van der Waals surface area contributed by atoms with Crippen LogP contribution in [0.1, 0.15) is 16.1 Å². The third-order valence-corrected chi connectivity index (χ3v) is 3.44. The Balaban J connectivity index is 1.86. The number of nitrogens with zero attached hydrogens (tertiary/aromatic N) is 2. The highest BCUT2D eigenvalue weighted by molar-refractivity contribution is 6.03. The van der Waals surface area contributed by atoms with Crippen LogP contribution < -0.4 is 10.1 Å². The van der Waals surface area contributed by atoms with E-state index in [4.69, 9.17) is 4.74 Å². The first kappa shape index (κ1) is 15.0. The Labute approximate surface area is 132 Å². The molecule has 0 saturated heterocycles. The van der Waals surface area contributed by atoms with Crippen molar-refractivity contribution in [2.75, 3.05) is 13.6 Å². The first-order chi connectivity index (χ1) is 11.2. The number of hydrogen-bond acceptors (Lipinski definition) is 5. The van der Waals surface area contributed by atoms with Crippen LogP contribution in [-0.2, 0) is 6.42 Å². The van der Waals surface area contributed by atoms with Gasteiger partial charge in [-0.25, -0.2) is 14.8 Å². The molecule has 0 spiro atoms. The van der Waals surface area contributed by atoms with Gasteiger partial charge in [0.15, 0.2) is 0 Å². The minimum Gasteiger partial charge on any atom is -0.478 e. The predicted octanol–water partition coefficient (Wildman–Crippen LogP) is 2.21. The average Bonchev–Trinajstić information content (AvgIpc) is 2.96. The van der Waals surface area contributed by atoms with E-state index in [1.165, 1.54) is 12.5 Å². The topological polar surface area (TPSA) is 100 Å². The number of benzene rings is 1. The average molecular weight is 312 g/mol. The summed E-state index contributed by atoms with van der Waals surface area (Å²) in [6, 6.07) is 7.00. The quantitative estimate of drug-likeness (QED) is 0.645. The lowest BCUT2D eigenvalue weighted by Crippen LogP contribution is -2.11. The number of hydrogen-bond donors (Lipinski definition) is 3. The van der Waals surface area contributed by atoms with Gasteiger partial charge >= 0.3 is 5.97 Å². The van der Waals surface area contributed by atoms with Gasteiger partial charge in [0.2, 0.25) is 5.88 Å². The molecule has 0 radical (unpaired) electrons. The summed E-state index contributed by atoms with van der Waals surface area (Å²) in [5.74, 6) is -0.0273. The number of carbonyl (C=O) groups is 1. The summed E-state index contributed by atoms with van der Waals surface area (Å²) in [6.07, 6.45) is 3.70. The maximum Gasteiger partial charge on any atom is 0.337 e. The summed E-state index contributed by atoms with van der Waals surface area (Å²) in [5.41, 5.74) is 1.83. The summed E-state index contributed by atoms with van der Waals surface area (Å²) in [7, 11) is 1.88. The second-order valence-corrected chi connectivity index (χ2v) is 5.02. The standard InChI is InChI=1S/C16H16N4O3/c1-17-5-4-10-6-15(20-9-19-10)23-11-2-3-14-12(7-11)13(8-18-14)16(21)22/h2-3,6-9,17-18H,4-5H2,1H3,(H,21,22). The zero-order valence-corrected chi connectivity index (χ0v) is 12.5. The molecule has 3 N–H and O–H groups in total. The Morgan fingerprint density at radius 2 is 2.22 bits per heavy atom. The van der Waals surface area contributed by atoms with Crippen molar-refractivity contribution in [3.05, 3.63) is 48.0 Å². The van der Waals surface area contributed by atoms with Crippen molar-refractivity contribution >= 4 is 16.9 Å². The fourth-order valence-corrected chi connectivity index (χ4v) is 2.28. The van der Waals surface area contributed by atoms with Crippen molar-refractivity contribution < 1.29 is 14.6 Å². The number of ether oxygens (including phenoxy) is 1. The van der Waals surface area contributed by atoms with Gasteiger partial charge in [0, 0.05) is 41.8 Å². The minimum atomic E-state index is -0.982. The second-order valence-electron chi connectivity index (χ2n) is 5.02. The summed E-state index contributed by atoms with van der Waals surface area (Å²) < 4.78 is 5.73. The number of H-pyrrole nitrogens is 1. The molecule has 118 valence electrons. The van der Waals surface area contributed by atoms with Crippen molar-refractivity contribution in [2.24, 2.45) is 0 Å². The van der Waals surface area contributed by atoms with E-state index in [-0.39, 0.29) is 5.56 Å². The van der Waals surface area contributed by atoms with Gasteiger partial charge in [-0.15, -0.1) is 0 Å². The fourth-order valence-electron chi connectivity index (χ4n) is 2.28. The van der Waals surface area contributed by atoms with Crippen LogP contribution in [0.15, 0.2) is 36.8 Å². The molecule has 0 amide bonds. The van der Waals surface area contributed by atoms with Crippen LogP contribution in [0.5, 0.6) is 11.6 Å². The molecule has 7 nitrogen and oxygen atoms in total. The molecular weight excluding hydrogens is 296 g/mol. The normalized spacial score (nSPS) is 10.8. The van der Waals surface area contributed by atoms with Crippen molar-refractivity contribution in [3.63, 3.8) is 0 Å². The number of carboxylic acids is 1. The minimum absolute atomic E-state index is 0.211. The van der Waals surface area contributed by atoms with E-state index in [9.17, 15) is 9.90 Å². The van der Waals surface area contributed by atoms with Gasteiger partial charge in [-0.05, 0) is 25.2 Å². The first-order valence-electron chi connectivity index (χ1n) is 7.15. The van der Waals surface area contributed by atoms with Crippen LogP contribution >= 0.6 is 0 Å². The molecule has 0 atom stereocenters. The van der Waals surface area contributed by atoms with Gasteiger partial charge in [0.1, 0.15) is 12.1 Å². The van der Waals surface area contributed by atoms with E-state index in [2.05, 4.69) is 20.3 Å². The molecule has 2 aromatic heterocycles. The number of aromatic nitrogens is 3. The maximum atomic E-state index is 11.2. The Morgan fingerprint density at radius 3 is 3.00 bits per heavy atom. The SMILES string of the molecule is CNCCc1cc(Oc2ccc3[nH]cc(C(=O)O)c3c2)ncn1. The predicted molar refractivity (Wildman–Crippen MR) is 85.0 cm³/mol. The van der Waals surface area contributed by atoms with Gasteiger partial charge in [-0.2, -0.15) is 0 Å². The second kappa shape index (κ2) is 6.45. The molecule has 0 aliphatic carbocycles. The van der Waals surface area contributed by atoms with Gasteiger partial charge < -0.3 is 20.1 Å². The molecule has 7 heteroatoms. The summed E-state index contributed by atoms with van der Waals surface area (Å²) >= 11 is 0. The lowest BCUT2D eigenvalue weighted by Gasteiger charge is -2.06. The number of nitrogens with one attached hydrogen (secondary N) is 2. The van der Waals surface area contributed by atoms with Crippen molar-refractivity contribution in [1.29, 1.82) is 0 Å². The molecule has 0 fully saturated rings. The van der Waals surface area contributed by atoms with Gasteiger partial charge in [-0.1, -0.05) is 0 Å². The lowest BCUT2D eigenvalue weighted by molar-refractivity contribution is 0.0699. The Bertz CT molecular complexity index is 844. The third kappa shape index (κ3) is 3.29. The largest absolute Gasteiger partial charge is 0.478 e. The fraction of sp³-hybridized carbons (Fsp3) is 0.188. The maximum absolute atomic E-state index is 11.2. The number of likely N-dealkylation sites (N-methyl/N-ethyl adjacent to an activating group) is 1. The van der Waals surface area contributed by atoms with Crippen molar-refractivity contribution in [1.82, 2.24) is 20.3 Å². The van der Waals surface area contributed by atoms with Crippen LogP contribution in [0.2, 0.25) is 0 Å². The Hall–Kier alpha value is -2.93. The highest BCUT2D eigenvalue weighted by Crippen LogP contribution is 2.26. The molecule has 0 aliphatic rings. The van der Waals surface area contributed by atoms with E-state index in [0.717, 1.165) is 24.2 Å². The molecular formula is C16H16N4O3. The smallest absolute Gasteiger partial charge is 0.337 e. The van der Waals surface area contributed by atoms with E-state index in [0.29, 0.717) is 17.0 Å². The molecule has 23 heavy (non-hydrogen) atoms. The number of fused-ring (bicyclic) bond motifs is 1. The van der Waals surface area contributed by atoms with Crippen LogP contribution in [0, 0.1) is 0 Å². The van der Waals surface area contributed by atoms with Crippen molar-refractivity contribution in [2.45, 2.75) is 6.42 Å². The van der Waals surface area contributed by atoms with E-state index in [1.807, 2.05) is 7.05 Å². The number of rotatable bonds is 6. The van der Waals surface area contributed by atoms with Crippen LogP contribution in [-0.4, -0.2) is 39.6 Å². The zero-order chi connectivity index (χ0) is 16.2. The Kier molecular flexibility index (Phi) is 4.20. The van der Waals surface area contributed by atoms with Crippen LogP contribution in [0.3, 0.4) is 0 Å². The molecule has 0 unspecified atom stereocenters. The van der Waals surface area contributed by atoms with E-state index < -0.39 is 5.97 Å². The summed E-state index contributed by atoms with van der Waals surface area (Å²) in [5, 5.41) is 12.8. The summed E-state index contributed by atoms with van der Waals surface area (Å²) in [6.45, 7) is 0.813. The highest BCUT2D eigenvalue weighted by Gasteiger charge is 2.11. The van der Waals surface area contributed by atoms with E-state index in [1.54, 1.807) is 24.3 Å². The molecule has 3 aromatic rings. The van der Waals surface area contributed by atoms with Crippen LogP contribution in [0.4, 0.5) is 0 Å². The third-order valence-electron chi connectivity index (χ3n) is 3.44. The van der Waals surface area contributed by atoms with Crippen molar-refractivity contribution in [3.8, 4) is 11.6 Å². The zero-order valence-electron chi connectivity index (χ0n) is 12.5. The number of aromatic amines is 1. The highest BCUT2D eigenvalue weighted by atomic mass is 16.5. The van der Waals surface area contributed by atoms with Gasteiger partial charge in [0.05, 0.1) is 5.56 Å². The Morgan fingerprint density at radius 1 is 1.35 bits per heavy atom. The monoisotopic (exact) mass is 312 g/mol. The number of carboxylic acid groups (broad SMARTS) is 1. The molecule has 3 rings (SSSR count). The molecule has 0 aliphatic heterocycles. The van der Waals surface area contributed by atoms with E-state index >= 15 is 0 Å². The first-order valence-corrected chi connectivity index (χ1v) is 7.15. The lowest BCUT2D eigenvalue weighted by atomic mass is 10.1. The molecule has 2 heterocycles. The number of aromatic carboxylic acids is 1. The summed E-state index contributed by atoms with van der Waals surface area (Å²) in [4.78, 5) is 22.4. The molecule has 0 saturated carbocycles. The van der Waals surface area contributed by atoms with Gasteiger partial charge in [0.25, 0.3) is 0 Å². The van der Waals surface area contributed by atoms with Gasteiger partial charge in [-0.3, -0.25) is 0 Å².